The van der Waals surface area contributed by atoms with Crippen molar-refractivity contribution in [3.8, 4) is 0 Å². The maximum absolute atomic E-state index is 13.2. The minimum Gasteiger partial charge on any atom is -0.287 e. The van der Waals surface area contributed by atoms with E-state index < -0.39 is 11.7 Å². The van der Waals surface area contributed by atoms with Crippen molar-refractivity contribution in [2.45, 2.75) is 103 Å². The minimum atomic E-state index is -3.30. The van der Waals surface area contributed by atoms with Gasteiger partial charge in [0.05, 0.1) is 0 Å². The van der Waals surface area contributed by atoms with Gasteiger partial charge in [0, 0.05) is 12.5 Å². The van der Waals surface area contributed by atoms with Crippen LogP contribution in [0.4, 0.5) is 8.78 Å². The van der Waals surface area contributed by atoms with Crippen molar-refractivity contribution < 1.29 is 13.6 Å². The van der Waals surface area contributed by atoms with Crippen LogP contribution in [0.3, 0.4) is 0 Å². The molecule has 0 bridgehead atoms. The Morgan fingerprint density at radius 2 is 1.45 bits per heavy atom. The van der Waals surface area contributed by atoms with E-state index in [1.165, 1.54) is 82.6 Å². The lowest BCUT2D eigenvalue weighted by Gasteiger charge is -2.38. The number of benzene rings is 1. The molecule has 0 saturated heterocycles. The monoisotopic (exact) mass is 404 g/mol. The normalized spacial score (nSPS) is 28.3. The van der Waals surface area contributed by atoms with E-state index in [0.29, 0.717) is 12.8 Å². The lowest BCUT2D eigenvalue weighted by molar-refractivity contribution is 0.0221. The van der Waals surface area contributed by atoms with Crippen molar-refractivity contribution >= 4 is 5.78 Å². The van der Waals surface area contributed by atoms with Gasteiger partial charge in [-0.25, -0.2) is 0 Å². The number of ketones is 1. The molecule has 0 heterocycles. The molecule has 1 aromatic rings. The van der Waals surface area contributed by atoms with Crippen LogP contribution in [-0.4, -0.2) is 11.7 Å². The molecular weight excluding hydrogens is 366 g/mol. The first kappa shape index (κ1) is 22.4. The van der Waals surface area contributed by atoms with E-state index in [9.17, 15) is 13.6 Å². The Hall–Kier alpha value is -1.25. The molecule has 1 nitrogen and oxygen atoms in total. The highest BCUT2D eigenvalue weighted by Crippen LogP contribution is 2.44. The Bertz CT molecular complexity index is 630. The minimum absolute atomic E-state index is 0.116. The molecule has 3 heteroatoms. The highest BCUT2D eigenvalue weighted by atomic mass is 19.3. The molecule has 2 aliphatic carbocycles. The van der Waals surface area contributed by atoms with Gasteiger partial charge in [-0.3, -0.25) is 4.79 Å². The van der Waals surface area contributed by atoms with Crippen LogP contribution in [0, 0.1) is 17.8 Å². The molecule has 0 unspecified atom stereocenters. The predicted octanol–water partition coefficient (Wildman–Crippen LogP) is 8.19. The molecule has 0 radical (unpaired) electrons. The van der Waals surface area contributed by atoms with E-state index in [1.54, 1.807) is 12.1 Å². The van der Waals surface area contributed by atoms with Crippen LogP contribution < -0.4 is 0 Å². The third-order valence-electron chi connectivity index (χ3n) is 7.59. The van der Waals surface area contributed by atoms with Crippen molar-refractivity contribution in [1.82, 2.24) is 0 Å². The van der Waals surface area contributed by atoms with E-state index in [4.69, 9.17) is 0 Å². The first-order valence-electron chi connectivity index (χ1n) is 11.9. The predicted molar refractivity (Wildman–Crippen MR) is 116 cm³/mol. The molecule has 29 heavy (non-hydrogen) atoms. The maximum Gasteiger partial charge on any atom is 0.307 e. The van der Waals surface area contributed by atoms with Gasteiger partial charge in [0.2, 0.25) is 5.78 Å². The molecule has 0 aliphatic heterocycles. The number of halogens is 2. The van der Waals surface area contributed by atoms with Gasteiger partial charge in [0.1, 0.15) is 0 Å². The standard InChI is InChI=1S/C26H38F2O/c1-3-4-5-6-19-7-9-20(10-8-19)21-11-13-22(14-12-21)23-15-17-24(18-16-23)25(29)26(2,27)28/h15-22H,3-14H2,1-2H3/t19-,20-,21?,22?. The van der Waals surface area contributed by atoms with E-state index in [0.717, 1.165) is 17.8 Å². The molecule has 1 aromatic carbocycles. The topological polar surface area (TPSA) is 17.1 Å². The molecule has 0 spiro atoms. The fourth-order valence-corrected chi connectivity index (χ4v) is 5.72. The van der Waals surface area contributed by atoms with Crippen LogP contribution in [0.25, 0.3) is 0 Å². The van der Waals surface area contributed by atoms with Crippen LogP contribution in [0.2, 0.25) is 0 Å². The number of Topliss-reactive ketones (excluding diaryl/α,β-unsaturated/α-hetero) is 1. The SMILES string of the molecule is CCCCC[C@H]1CC[C@H](C2CCC(c3ccc(C(=O)C(C)(F)F)cc3)CC2)CC1. The molecule has 2 fully saturated rings. The van der Waals surface area contributed by atoms with Gasteiger partial charge in [-0.05, 0) is 67.8 Å². The molecule has 2 aliphatic rings. The summed E-state index contributed by atoms with van der Waals surface area (Å²) in [6.45, 7) is 2.95. The van der Waals surface area contributed by atoms with Crippen LogP contribution in [0.5, 0.6) is 0 Å². The summed E-state index contributed by atoms with van der Waals surface area (Å²) < 4.78 is 26.5. The lowest BCUT2D eigenvalue weighted by atomic mass is 9.68. The van der Waals surface area contributed by atoms with Gasteiger partial charge in [0.15, 0.2) is 0 Å². The quantitative estimate of drug-likeness (QED) is 0.315. The van der Waals surface area contributed by atoms with Gasteiger partial charge < -0.3 is 0 Å². The average Bonchev–Trinajstić information content (AvgIpc) is 2.73. The van der Waals surface area contributed by atoms with Crippen molar-refractivity contribution in [1.29, 1.82) is 0 Å². The van der Waals surface area contributed by atoms with Gasteiger partial charge in [0.25, 0.3) is 0 Å². The fourth-order valence-electron chi connectivity index (χ4n) is 5.72. The van der Waals surface area contributed by atoms with Crippen LogP contribution in [-0.2, 0) is 0 Å². The van der Waals surface area contributed by atoms with Crippen molar-refractivity contribution in [2.75, 3.05) is 0 Å². The molecule has 0 atom stereocenters. The first-order chi connectivity index (χ1) is 13.9. The molecule has 0 aromatic heterocycles. The Morgan fingerprint density at radius 3 is 1.97 bits per heavy atom. The zero-order chi connectivity index (χ0) is 20.9. The van der Waals surface area contributed by atoms with Crippen LogP contribution in [0.15, 0.2) is 24.3 Å². The zero-order valence-corrected chi connectivity index (χ0v) is 18.3. The number of rotatable bonds is 8. The summed E-state index contributed by atoms with van der Waals surface area (Å²) >= 11 is 0. The molecular formula is C26H38F2O. The second-order valence-corrected chi connectivity index (χ2v) is 9.73. The smallest absolute Gasteiger partial charge is 0.287 e. The maximum atomic E-state index is 13.2. The molecule has 0 N–H and O–H groups in total. The number of carbonyl (C=O) groups is 1. The number of hydrogen-bond acceptors (Lipinski definition) is 1. The summed E-state index contributed by atoms with van der Waals surface area (Å²) in [7, 11) is 0. The van der Waals surface area contributed by atoms with Gasteiger partial charge in [-0.2, -0.15) is 8.78 Å². The molecule has 0 amide bonds. The summed E-state index contributed by atoms with van der Waals surface area (Å²) in [4.78, 5) is 11.7. The molecule has 2 saturated carbocycles. The molecule has 3 rings (SSSR count). The Labute approximate surface area is 175 Å². The summed E-state index contributed by atoms with van der Waals surface area (Å²) in [5.41, 5.74) is 1.32. The fraction of sp³-hybridized carbons (Fsp3) is 0.731. The highest BCUT2D eigenvalue weighted by Gasteiger charge is 2.34. The summed E-state index contributed by atoms with van der Waals surface area (Å²) in [6.07, 6.45) is 16.3. The van der Waals surface area contributed by atoms with E-state index in [-0.39, 0.29) is 5.56 Å². The Morgan fingerprint density at radius 1 is 0.897 bits per heavy atom. The van der Waals surface area contributed by atoms with E-state index in [1.807, 2.05) is 12.1 Å². The largest absolute Gasteiger partial charge is 0.307 e. The Balaban J connectivity index is 1.44. The molecule has 162 valence electrons. The number of alkyl halides is 2. The van der Waals surface area contributed by atoms with Crippen LogP contribution >= 0.6 is 0 Å². The second kappa shape index (κ2) is 10.2. The number of hydrogen-bond donors (Lipinski definition) is 0. The highest BCUT2D eigenvalue weighted by molar-refractivity contribution is 6.01. The number of carbonyl (C=O) groups excluding carboxylic acids is 1. The summed E-state index contributed by atoms with van der Waals surface area (Å²) in [6, 6.07) is 6.96. The first-order valence-corrected chi connectivity index (χ1v) is 11.9. The van der Waals surface area contributed by atoms with Gasteiger partial charge in [-0.15, -0.1) is 0 Å². The van der Waals surface area contributed by atoms with Gasteiger partial charge >= 0.3 is 5.92 Å². The number of unbranched alkanes of at least 4 members (excludes halogenated alkanes) is 2. The van der Waals surface area contributed by atoms with Crippen molar-refractivity contribution in [2.24, 2.45) is 17.8 Å². The second-order valence-electron chi connectivity index (χ2n) is 9.73. The van der Waals surface area contributed by atoms with Crippen LogP contribution in [0.1, 0.15) is 113 Å². The van der Waals surface area contributed by atoms with Gasteiger partial charge in [-0.1, -0.05) is 69.7 Å². The van der Waals surface area contributed by atoms with E-state index >= 15 is 0 Å². The van der Waals surface area contributed by atoms with E-state index in [2.05, 4.69) is 6.92 Å². The van der Waals surface area contributed by atoms with Crippen molar-refractivity contribution in [3.05, 3.63) is 35.4 Å². The lowest BCUT2D eigenvalue weighted by Crippen LogP contribution is -2.25. The third kappa shape index (κ3) is 6.12. The third-order valence-corrected chi connectivity index (χ3v) is 7.59. The zero-order valence-electron chi connectivity index (χ0n) is 18.3. The summed E-state index contributed by atoms with van der Waals surface area (Å²) in [5, 5.41) is 0. The Kier molecular flexibility index (Phi) is 7.87. The van der Waals surface area contributed by atoms with Crippen molar-refractivity contribution in [3.63, 3.8) is 0 Å². The summed E-state index contributed by atoms with van der Waals surface area (Å²) in [5.74, 6) is -1.09. The average molecular weight is 405 g/mol.